The number of hydrogen-bond donors (Lipinski definition) is 1. The minimum atomic E-state index is -0.532. The summed E-state index contributed by atoms with van der Waals surface area (Å²) in [4.78, 5) is 22.7. The van der Waals surface area contributed by atoms with Gasteiger partial charge in [-0.2, -0.15) is 17.0 Å². The van der Waals surface area contributed by atoms with Crippen molar-refractivity contribution >= 4 is 29.4 Å². The third-order valence-electron chi connectivity index (χ3n) is 4.07. The lowest BCUT2D eigenvalue weighted by molar-refractivity contribution is -0.385. The number of carbonyl (C=O) groups is 1. The van der Waals surface area contributed by atoms with Crippen molar-refractivity contribution in [2.45, 2.75) is 5.75 Å². The van der Waals surface area contributed by atoms with Crippen LogP contribution in [0.2, 0.25) is 0 Å². The SMILES string of the molecule is N#Cc1ccccc1CSCCNC(=O)/C=C/c1cc2c(cc1[N+](=O)[O-])OCO2. The molecule has 1 aliphatic heterocycles. The summed E-state index contributed by atoms with van der Waals surface area (Å²) in [7, 11) is 0. The second-order valence-electron chi connectivity index (χ2n) is 5.97. The predicted molar refractivity (Wildman–Crippen MR) is 109 cm³/mol. The molecule has 0 aliphatic carbocycles. The van der Waals surface area contributed by atoms with Crippen molar-refractivity contribution in [1.82, 2.24) is 5.32 Å². The highest BCUT2D eigenvalue weighted by Crippen LogP contribution is 2.38. The van der Waals surface area contributed by atoms with E-state index < -0.39 is 4.92 Å². The van der Waals surface area contributed by atoms with Crippen LogP contribution in [0.5, 0.6) is 11.5 Å². The fraction of sp³-hybridized carbons (Fsp3) is 0.200. The zero-order valence-electron chi connectivity index (χ0n) is 15.3. The van der Waals surface area contributed by atoms with Gasteiger partial charge in [-0.3, -0.25) is 14.9 Å². The van der Waals surface area contributed by atoms with Gasteiger partial charge >= 0.3 is 0 Å². The summed E-state index contributed by atoms with van der Waals surface area (Å²) in [5.74, 6) is 1.72. The zero-order valence-corrected chi connectivity index (χ0v) is 16.1. The number of benzene rings is 2. The van der Waals surface area contributed by atoms with E-state index >= 15 is 0 Å². The first-order chi connectivity index (χ1) is 14.1. The van der Waals surface area contributed by atoms with Crippen LogP contribution >= 0.6 is 11.8 Å². The van der Waals surface area contributed by atoms with Crippen molar-refractivity contribution in [2.24, 2.45) is 0 Å². The Hall–Kier alpha value is -3.51. The number of carbonyl (C=O) groups excluding carboxylic acids is 1. The van der Waals surface area contributed by atoms with Crippen LogP contribution in [0.3, 0.4) is 0 Å². The van der Waals surface area contributed by atoms with Crippen LogP contribution in [0, 0.1) is 21.4 Å². The summed E-state index contributed by atoms with van der Waals surface area (Å²) < 4.78 is 10.4. The number of ether oxygens (including phenoxy) is 2. The maximum atomic E-state index is 12.0. The highest BCUT2D eigenvalue weighted by atomic mass is 32.2. The van der Waals surface area contributed by atoms with Gasteiger partial charge in [-0.15, -0.1) is 0 Å². The Bertz CT molecular complexity index is 1000. The van der Waals surface area contributed by atoms with Crippen LogP contribution in [-0.2, 0) is 10.5 Å². The molecule has 1 amide bonds. The van der Waals surface area contributed by atoms with Crippen molar-refractivity contribution in [1.29, 1.82) is 5.26 Å². The molecule has 148 valence electrons. The van der Waals surface area contributed by atoms with Crippen molar-refractivity contribution in [3.63, 3.8) is 0 Å². The number of nitro benzene ring substituents is 1. The number of nitrogens with zero attached hydrogens (tertiary/aromatic N) is 2. The third-order valence-corrected chi connectivity index (χ3v) is 5.08. The van der Waals surface area contributed by atoms with Gasteiger partial charge in [0.2, 0.25) is 12.7 Å². The second kappa shape index (κ2) is 9.61. The summed E-state index contributed by atoms with van der Waals surface area (Å²) in [6.07, 6.45) is 2.63. The molecule has 1 N–H and O–H groups in total. The van der Waals surface area contributed by atoms with Crippen LogP contribution < -0.4 is 14.8 Å². The molecule has 0 saturated heterocycles. The Morgan fingerprint density at radius 1 is 1.31 bits per heavy atom. The first-order valence-electron chi connectivity index (χ1n) is 8.68. The maximum Gasteiger partial charge on any atom is 0.280 e. The highest BCUT2D eigenvalue weighted by Gasteiger charge is 2.22. The zero-order chi connectivity index (χ0) is 20.6. The Labute approximate surface area is 171 Å². The lowest BCUT2D eigenvalue weighted by Crippen LogP contribution is -2.23. The summed E-state index contributed by atoms with van der Waals surface area (Å²) in [6, 6.07) is 12.3. The third kappa shape index (κ3) is 5.27. The van der Waals surface area contributed by atoms with Gasteiger partial charge in [0.05, 0.1) is 28.2 Å². The molecule has 0 unspecified atom stereocenters. The molecular weight excluding hydrogens is 394 g/mol. The molecular formula is C20H17N3O5S. The first kappa shape index (κ1) is 20.2. The summed E-state index contributed by atoms with van der Waals surface area (Å²) >= 11 is 1.60. The average Bonchev–Trinajstić information content (AvgIpc) is 3.19. The number of nitrogens with one attached hydrogen (secondary N) is 1. The Morgan fingerprint density at radius 2 is 2.07 bits per heavy atom. The number of thioether (sulfide) groups is 1. The lowest BCUT2D eigenvalue weighted by atomic mass is 10.1. The van der Waals surface area contributed by atoms with Crippen molar-refractivity contribution < 1.29 is 19.2 Å². The fourth-order valence-electron chi connectivity index (χ4n) is 2.65. The van der Waals surface area contributed by atoms with E-state index in [2.05, 4.69) is 11.4 Å². The van der Waals surface area contributed by atoms with E-state index in [1.54, 1.807) is 17.8 Å². The molecule has 0 radical (unpaired) electrons. The van der Waals surface area contributed by atoms with Gasteiger partial charge in [-0.05, 0) is 23.8 Å². The molecule has 0 spiro atoms. The molecule has 3 rings (SSSR count). The van der Waals surface area contributed by atoms with Crippen molar-refractivity contribution in [3.05, 3.63) is 69.3 Å². The molecule has 29 heavy (non-hydrogen) atoms. The Kier molecular flexibility index (Phi) is 6.71. The second-order valence-corrected chi connectivity index (χ2v) is 7.07. The number of nitriles is 1. The normalized spacial score (nSPS) is 12.0. The Balaban J connectivity index is 1.49. The summed E-state index contributed by atoms with van der Waals surface area (Å²) in [5.41, 5.74) is 1.71. The quantitative estimate of drug-likeness (QED) is 0.307. The summed E-state index contributed by atoms with van der Waals surface area (Å²) in [5, 5.41) is 23.0. The molecule has 0 atom stereocenters. The molecule has 1 heterocycles. The smallest absolute Gasteiger partial charge is 0.280 e. The number of nitro groups is 1. The van der Waals surface area contributed by atoms with E-state index in [0.717, 1.165) is 5.56 Å². The van der Waals surface area contributed by atoms with Crippen LogP contribution in [0.15, 0.2) is 42.5 Å². The van der Waals surface area contributed by atoms with Crippen LogP contribution in [-0.4, -0.2) is 29.9 Å². The van der Waals surface area contributed by atoms with Gasteiger partial charge in [0.15, 0.2) is 11.5 Å². The molecule has 8 nitrogen and oxygen atoms in total. The number of fused-ring (bicyclic) bond motifs is 1. The van der Waals surface area contributed by atoms with E-state index in [-0.39, 0.29) is 24.0 Å². The molecule has 2 aromatic carbocycles. The predicted octanol–water partition coefficient (Wildman–Crippen LogP) is 3.26. The standard InChI is InChI=1S/C20H17N3O5S/c21-11-15-3-1-2-4-16(15)12-29-8-7-22-20(24)6-5-14-9-18-19(28-13-27-18)10-17(14)23(25)26/h1-6,9-10H,7-8,12-13H2,(H,22,24)/b6-5+. The molecule has 9 heteroatoms. The molecule has 1 aliphatic rings. The molecule has 0 bridgehead atoms. The van der Waals surface area contributed by atoms with E-state index in [9.17, 15) is 14.9 Å². The minimum absolute atomic E-state index is 0.0106. The van der Waals surface area contributed by atoms with Gasteiger partial charge in [0.1, 0.15) is 0 Å². The fourth-order valence-corrected chi connectivity index (χ4v) is 3.51. The number of hydrogen-bond acceptors (Lipinski definition) is 7. The Morgan fingerprint density at radius 3 is 2.83 bits per heavy atom. The maximum absolute atomic E-state index is 12.0. The van der Waals surface area contributed by atoms with Crippen LogP contribution in [0.1, 0.15) is 16.7 Å². The highest BCUT2D eigenvalue weighted by molar-refractivity contribution is 7.98. The largest absolute Gasteiger partial charge is 0.454 e. The van der Waals surface area contributed by atoms with E-state index in [1.165, 1.54) is 24.3 Å². The van der Waals surface area contributed by atoms with Gasteiger partial charge in [0.25, 0.3) is 5.69 Å². The minimum Gasteiger partial charge on any atom is -0.454 e. The van der Waals surface area contributed by atoms with Gasteiger partial charge in [-0.25, -0.2) is 0 Å². The van der Waals surface area contributed by atoms with Gasteiger partial charge in [-0.1, -0.05) is 18.2 Å². The van der Waals surface area contributed by atoms with Crippen molar-refractivity contribution in [3.8, 4) is 17.6 Å². The molecule has 0 aromatic heterocycles. The molecule has 0 saturated carbocycles. The topological polar surface area (TPSA) is 114 Å². The van der Waals surface area contributed by atoms with Gasteiger partial charge in [0, 0.05) is 24.1 Å². The first-order valence-corrected chi connectivity index (χ1v) is 9.83. The summed E-state index contributed by atoms with van der Waals surface area (Å²) in [6.45, 7) is 0.447. The number of rotatable bonds is 8. The van der Waals surface area contributed by atoms with E-state index in [4.69, 9.17) is 14.7 Å². The van der Waals surface area contributed by atoms with E-state index in [1.807, 2.05) is 18.2 Å². The van der Waals surface area contributed by atoms with Crippen LogP contribution in [0.4, 0.5) is 5.69 Å². The number of amides is 1. The molecule has 0 fully saturated rings. The average molecular weight is 411 g/mol. The molecule has 2 aromatic rings. The monoisotopic (exact) mass is 411 g/mol. The van der Waals surface area contributed by atoms with Crippen molar-refractivity contribution in [2.75, 3.05) is 19.1 Å². The van der Waals surface area contributed by atoms with Gasteiger partial charge < -0.3 is 14.8 Å². The lowest BCUT2D eigenvalue weighted by Gasteiger charge is -2.05. The van der Waals surface area contributed by atoms with E-state index in [0.29, 0.717) is 35.1 Å². The van der Waals surface area contributed by atoms with Crippen LogP contribution in [0.25, 0.3) is 6.08 Å².